The van der Waals surface area contributed by atoms with Crippen molar-refractivity contribution in [2.75, 3.05) is 38.8 Å². The van der Waals surface area contributed by atoms with Crippen molar-refractivity contribution < 1.29 is 9.47 Å². The fourth-order valence-corrected chi connectivity index (χ4v) is 1.07. The molecule has 0 saturated heterocycles. The number of ether oxygens (including phenoxy) is 2. The molecule has 13 heavy (non-hydrogen) atoms. The fourth-order valence-electron chi connectivity index (χ4n) is 0.839. The summed E-state index contributed by atoms with van der Waals surface area (Å²) in [5.41, 5.74) is 0. The molecule has 4 heteroatoms. The van der Waals surface area contributed by atoms with Crippen LogP contribution in [0, 0.1) is 0 Å². The van der Waals surface area contributed by atoms with Gasteiger partial charge in [-0.1, -0.05) is 15.9 Å². The number of rotatable bonds is 9. The third-order valence-electron chi connectivity index (χ3n) is 1.61. The van der Waals surface area contributed by atoms with Crippen molar-refractivity contribution in [3.05, 3.63) is 0 Å². The van der Waals surface area contributed by atoms with E-state index in [-0.39, 0.29) is 0 Å². The Morgan fingerprint density at radius 3 is 2.69 bits per heavy atom. The highest BCUT2D eigenvalue weighted by atomic mass is 79.9. The molecule has 0 aliphatic carbocycles. The maximum atomic E-state index is 5.37. The van der Waals surface area contributed by atoms with Crippen LogP contribution in [-0.4, -0.2) is 44.8 Å². The molecule has 0 bridgehead atoms. The molecule has 3 nitrogen and oxygen atoms in total. The first-order valence-corrected chi connectivity index (χ1v) is 5.79. The van der Waals surface area contributed by atoms with Gasteiger partial charge >= 0.3 is 0 Å². The summed E-state index contributed by atoms with van der Waals surface area (Å²) in [4.78, 5) is 0. The Balaban J connectivity index is 2.91. The topological polar surface area (TPSA) is 30.5 Å². The van der Waals surface area contributed by atoms with Crippen molar-refractivity contribution >= 4 is 15.9 Å². The van der Waals surface area contributed by atoms with E-state index < -0.39 is 0 Å². The molecule has 0 aromatic rings. The van der Waals surface area contributed by atoms with Gasteiger partial charge < -0.3 is 14.8 Å². The SMILES string of the molecule is COCCCOCCNC(C)CBr. The Morgan fingerprint density at radius 2 is 2.08 bits per heavy atom. The third-order valence-corrected chi connectivity index (χ3v) is 2.58. The number of nitrogens with one attached hydrogen (secondary N) is 1. The summed E-state index contributed by atoms with van der Waals surface area (Å²) in [6.07, 6.45) is 0.977. The van der Waals surface area contributed by atoms with Gasteiger partial charge in [0.2, 0.25) is 0 Å². The lowest BCUT2D eigenvalue weighted by Crippen LogP contribution is -2.30. The van der Waals surface area contributed by atoms with Crippen molar-refractivity contribution in [1.82, 2.24) is 5.32 Å². The monoisotopic (exact) mass is 253 g/mol. The molecule has 0 heterocycles. The second kappa shape index (κ2) is 10.4. The van der Waals surface area contributed by atoms with Crippen LogP contribution in [0.15, 0.2) is 0 Å². The molecule has 0 amide bonds. The molecule has 0 aromatic carbocycles. The number of hydrogen-bond acceptors (Lipinski definition) is 3. The van der Waals surface area contributed by atoms with E-state index in [2.05, 4.69) is 28.2 Å². The lowest BCUT2D eigenvalue weighted by Gasteiger charge is -2.10. The van der Waals surface area contributed by atoms with Crippen LogP contribution in [0.1, 0.15) is 13.3 Å². The molecule has 80 valence electrons. The van der Waals surface area contributed by atoms with Gasteiger partial charge in [0.15, 0.2) is 0 Å². The summed E-state index contributed by atoms with van der Waals surface area (Å²) in [5, 5.41) is 4.30. The van der Waals surface area contributed by atoms with E-state index in [4.69, 9.17) is 9.47 Å². The predicted molar refractivity (Wildman–Crippen MR) is 58.6 cm³/mol. The smallest absolute Gasteiger partial charge is 0.0591 e. The van der Waals surface area contributed by atoms with Crippen molar-refractivity contribution in [2.45, 2.75) is 19.4 Å². The molecule has 0 rings (SSSR count). The van der Waals surface area contributed by atoms with Gasteiger partial charge in [-0.05, 0) is 13.3 Å². The maximum absolute atomic E-state index is 5.37. The second-order valence-corrected chi connectivity index (χ2v) is 3.62. The number of hydrogen-bond donors (Lipinski definition) is 1. The minimum Gasteiger partial charge on any atom is -0.385 e. The Hall–Kier alpha value is 0.360. The molecule has 1 atom stereocenters. The first-order chi connectivity index (χ1) is 6.31. The van der Waals surface area contributed by atoms with Gasteiger partial charge in [-0.2, -0.15) is 0 Å². The van der Waals surface area contributed by atoms with Crippen LogP contribution in [0.4, 0.5) is 0 Å². The van der Waals surface area contributed by atoms with Gasteiger partial charge in [0, 0.05) is 38.2 Å². The Bertz CT molecular complexity index is 104. The Morgan fingerprint density at radius 1 is 1.31 bits per heavy atom. The van der Waals surface area contributed by atoms with Crippen molar-refractivity contribution in [3.63, 3.8) is 0 Å². The zero-order valence-corrected chi connectivity index (χ0v) is 10.1. The van der Waals surface area contributed by atoms with E-state index in [9.17, 15) is 0 Å². The summed E-state index contributed by atoms with van der Waals surface area (Å²) in [7, 11) is 1.71. The minimum atomic E-state index is 0.516. The highest BCUT2D eigenvalue weighted by Gasteiger charge is 1.96. The quantitative estimate of drug-likeness (QED) is 0.498. The standard InChI is InChI=1S/C9H20BrNO2/c1-9(8-10)11-4-7-13-6-3-5-12-2/h9,11H,3-8H2,1-2H3. The van der Waals surface area contributed by atoms with Gasteiger partial charge in [-0.15, -0.1) is 0 Å². The van der Waals surface area contributed by atoms with Crippen molar-refractivity contribution in [2.24, 2.45) is 0 Å². The van der Waals surface area contributed by atoms with E-state index in [1.165, 1.54) is 0 Å². The van der Waals surface area contributed by atoms with E-state index in [1.54, 1.807) is 7.11 Å². The molecule has 0 aliphatic heterocycles. The van der Waals surface area contributed by atoms with Crippen LogP contribution in [0.3, 0.4) is 0 Å². The van der Waals surface area contributed by atoms with Crippen LogP contribution in [0.2, 0.25) is 0 Å². The molecule has 1 N–H and O–H groups in total. The molecule has 0 aliphatic rings. The van der Waals surface area contributed by atoms with Gasteiger partial charge in [-0.3, -0.25) is 0 Å². The second-order valence-electron chi connectivity index (χ2n) is 2.97. The normalized spacial score (nSPS) is 13.2. The summed E-state index contributed by atoms with van der Waals surface area (Å²) in [6, 6.07) is 0.516. The maximum Gasteiger partial charge on any atom is 0.0591 e. The van der Waals surface area contributed by atoms with Gasteiger partial charge in [0.1, 0.15) is 0 Å². The number of halogens is 1. The van der Waals surface area contributed by atoms with Gasteiger partial charge in [-0.25, -0.2) is 0 Å². The van der Waals surface area contributed by atoms with E-state index in [0.29, 0.717) is 6.04 Å². The largest absolute Gasteiger partial charge is 0.385 e. The molecule has 1 unspecified atom stereocenters. The van der Waals surface area contributed by atoms with Crippen LogP contribution in [0.25, 0.3) is 0 Å². The lowest BCUT2D eigenvalue weighted by molar-refractivity contribution is 0.103. The zero-order chi connectivity index (χ0) is 9.94. The molecule has 0 fully saturated rings. The summed E-state index contributed by atoms with van der Waals surface area (Å²) in [5.74, 6) is 0. The molecule has 0 saturated carbocycles. The number of alkyl halides is 1. The Kier molecular flexibility index (Phi) is 10.7. The average molecular weight is 254 g/mol. The average Bonchev–Trinajstić information content (AvgIpc) is 2.16. The lowest BCUT2D eigenvalue weighted by atomic mass is 10.4. The molecule has 0 radical (unpaired) electrons. The zero-order valence-electron chi connectivity index (χ0n) is 8.51. The first-order valence-electron chi connectivity index (χ1n) is 4.67. The van der Waals surface area contributed by atoms with Crippen LogP contribution < -0.4 is 5.32 Å². The highest BCUT2D eigenvalue weighted by molar-refractivity contribution is 9.09. The van der Waals surface area contributed by atoms with E-state index in [1.807, 2.05) is 0 Å². The Labute approximate surface area is 89.3 Å². The molecule has 0 aromatic heterocycles. The molecule has 0 spiro atoms. The van der Waals surface area contributed by atoms with E-state index in [0.717, 1.165) is 38.1 Å². The summed E-state index contributed by atoms with van der Waals surface area (Å²) < 4.78 is 10.3. The van der Waals surface area contributed by atoms with Gasteiger partial charge in [0.05, 0.1) is 6.61 Å². The summed E-state index contributed by atoms with van der Waals surface area (Å²) >= 11 is 3.40. The fraction of sp³-hybridized carbons (Fsp3) is 1.00. The van der Waals surface area contributed by atoms with Crippen LogP contribution >= 0.6 is 15.9 Å². The number of methoxy groups -OCH3 is 1. The predicted octanol–water partition coefficient (Wildman–Crippen LogP) is 1.41. The summed E-state index contributed by atoms with van der Waals surface area (Å²) in [6.45, 7) is 5.41. The van der Waals surface area contributed by atoms with Crippen LogP contribution in [0.5, 0.6) is 0 Å². The minimum absolute atomic E-state index is 0.516. The third kappa shape index (κ3) is 10.3. The van der Waals surface area contributed by atoms with E-state index >= 15 is 0 Å². The van der Waals surface area contributed by atoms with Crippen LogP contribution in [-0.2, 0) is 9.47 Å². The molecular formula is C9H20BrNO2. The first kappa shape index (κ1) is 13.4. The highest BCUT2D eigenvalue weighted by Crippen LogP contribution is 1.88. The van der Waals surface area contributed by atoms with Crippen molar-refractivity contribution in [3.8, 4) is 0 Å². The van der Waals surface area contributed by atoms with Gasteiger partial charge in [0.25, 0.3) is 0 Å². The van der Waals surface area contributed by atoms with Crippen molar-refractivity contribution in [1.29, 1.82) is 0 Å². The molecular weight excluding hydrogens is 234 g/mol.